The lowest BCUT2D eigenvalue weighted by Crippen LogP contribution is -2.50. The fourth-order valence-electron chi connectivity index (χ4n) is 4.03. The Balaban J connectivity index is 1.25. The van der Waals surface area contributed by atoms with Gasteiger partial charge in [0.2, 0.25) is 0 Å². The number of rotatable bonds is 3. The summed E-state index contributed by atoms with van der Waals surface area (Å²) in [5.41, 5.74) is -0.0179. The predicted molar refractivity (Wildman–Crippen MR) is 82.8 cm³/mol. The molecule has 4 fully saturated rings. The Morgan fingerprint density at radius 1 is 1.09 bits per heavy atom. The molecule has 0 bridgehead atoms. The number of carbonyl (C=O) groups is 1. The fraction of sp³-hybridized carbons (Fsp3) is 0.941. The van der Waals surface area contributed by atoms with Crippen LogP contribution in [0.5, 0.6) is 0 Å². The van der Waals surface area contributed by atoms with E-state index in [-0.39, 0.29) is 17.7 Å². The van der Waals surface area contributed by atoms with Crippen molar-refractivity contribution in [2.75, 3.05) is 39.4 Å². The average molecular weight is 308 g/mol. The molecule has 0 aromatic carbocycles. The predicted octanol–water partition coefficient (Wildman–Crippen LogP) is 2.25. The van der Waals surface area contributed by atoms with Gasteiger partial charge in [-0.2, -0.15) is 0 Å². The molecule has 4 rings (SSSR count). The van der Waals surface area contributed by atoms with Crippen molar-refractivity contribution in [2.45, 2.75) is 56.7 Å². The smallest absolute Gasteiger partial charge is 0.320 e. The van der Waals surface area contributed by atoms with Crippen molar-refractivity contribution in [3.63, 3.8) is 0 Å². The van der Waals surface area contributed by atoms with Crippen LogP contribution in [0.3, 0.4) is 0 Å². The van der Waals surface area contributed by atoms with Crippen LogP contribution in [0, 0.1) is 5.92 Å². The Kier molecular flexibility index (Phi) is 4.03. The fourth-order valence-corrected chi connectivity index (χ4v) is 4.03. The van der Waals surface area contributed by atoms with Gasteiger partial charge in [0.05, 0.1) is 18.3 Å². The number of amides is 2. The van der Waals surface area contributed by atoms with E-state index in [2.05, 4.69) is 0 Å². The zero-order valence-electron chi connectivity index (χ0n) is 13.5. The van der Waals surface area contributed by atoms with Gasteiger partial charge in [-0.05, 0) is 44.4 Å². The van der Waals surface area contributed by atoms with Gasteiger partial charge in [-0.3, -0.25) is 0 Å². The molecule has 5 nitrogen and oxygen atoms in total. The summed E-state index contributed by atoms with van der Waals surface area (Å²) in [6.45, 7) is 5.22. The van der Waals surface area contributed by atoms with E-state index in [9.17, 15) is 4.79 Å². The molecule has 3 saturated heterocycles. The molecule has 1 atom stereocenters. The molecule has 3 aliphatic heterocycles. The Morgan fingerprint density at radius 2 is 1.77 bits per heavy atom. The monoisotopic (exact) mass is 308 g/mol. The Labute approximate surface area is 132 Å². The van der Waals surface area contributed by atoms with Crippen LogP contribution in [0.4, 0.5) is 4.79 Å². The van der Waals surface area contributed by atoms with Crippen molar-refractivity contribution >= 4 is 6.03 Å². The Morgan fingerprint density at radius 3 is 2.45 bits per heavy atom. The highest BCUT2D eigenvalue weighted by Gasteiger charge is 2.44. The minimum absolute atomic E-state index is 0.0179. The first kappa shape index (κ1) is 14.8. The van der Waals surface area contributed by atoms with E-state index in [0.29, 0.717) is 0 Å². The first-order chi connectivity index (χ1) is 10.7. The highest BCUT2D eigenvalue weighted by atomic mass is 16.6. The molecular formula is C17H28N2O3. The molecule has 1 spiro atoms. The summed E-state index contributed by atoms with van der Waals surface area (Å²) < 4.78 is 12.1. The van der Waals surface area contributed by atoms with Crippen molar-refractivity contribution in [1.29, 1.82) is 0 Å². The van der Waals surface area contributed by atoms with Gasteiger partial charge < -0.3 is 19.3 Å². The minimum atomic E-state index is -0.0179. The van der Waals surface area contributed by atoms with Crippen molar-refractivity contribution in [3.8, 4) is 0 Å². The number of nitrogens with zero attached hydrogens (tertiary/aromatic N) is 2. The molecule has 0 aromatic rings. The van der Waals surface area contributed by atoms with Gasteiger partial charge in [0.25, 0.3) is 0 Å². The van der Waals surface area contributed by atoms with Crippen molar-refractivity contribution < 1.29 is 14.3 Å². The third-order valence-corrected chi connectivity index (χ3v) is 5.76. The lowest BCUT2D eigenvalue weighted by molar-refractivity contribution is -0.0403. The molecule has 4 aliphatic rings. The molecule has 1 aliphatic carbocycles. The highest BCUT2D eigenvalue weighted by molar-refractivity contribution is 5.74. The molecule has 0 N–H and O–H groups in total. The summed E-state index contributed by atoms with van der Waals surface area (Å²) in [6, 6.07) is 0.242. The maximum absolute atomic E-state index is 12.4. The van der Waals surface area contributed by atoms with Crippen LogP contribution >= 0.6 is 0 Å². The summed E-state index contributed by atoms with van der Waals surface area (Å²) >= 11 is 0. The van der Waals surface area contributed by atoms with E-state index in [0.717, 1.165) is 77.4 Å². The van der Waals surface area contributed by atoms with Crippen LogP contribution in [0.25, 0.3) is 0 Å². The summed E-state index contributed by atoms with van der Waals surface area (Å²) in [5, 5.41) is 0. The number of ether oxygens (including phenoxy) is 2. The van der Waals surface area contributed by atoms with Gasteiger partial charge in [-0.1, -0.05) is 0 Å². The van der Waals surface area contributed by atoms with E-state index in [1.807, 2.05) is 9.80 Å². The molecule has 124 valence electrons. The van der Waals surface area contributed by atoms with Gasteiger partial charge in [0, 0.05) is 39.2 Å². The topological polar surface area (TPSA) is 42.0 Å². The zero-order chi connectivity index (χ0) is 15.0. The second-order valence-corrected chi connectivity index (χ2v) is 7.56. The van der Waals surface area contributed by atoms with Gasteiger partial charge in [-0.15, -0.1) is 0 Å². The summed E-state index contributed by atoms with van der Waals surface area (Å²) in [5.74, 6) is 0.816. The summed E-state index contributed by atoms with van der Waals surface area (Å²) in [6.07, 6.45) is 8.23. The molecule has 5 heteroatoms. The molecule has 2 amide bonds. The van der Waals surface area contributed by atoms with Crippen LogP contribution in [0.1, 0.15) is 44.9 Å². The molecule has 0 radical (unpaired) electrons. The van der Waals surface area contributed by atoms with Gasteiger partial charge >= 0.3 is 6.03 Å². The number of hydrogen-bond donors (Lipinski definition) is 0. The van der Waals surface area contributed by atoms with E-state index in [1.165, 1.54) is 12.8 Å². The largest absolute Gasteiger partial charge is 0.375 e. The number of likely N-dealkylation sites (tertiary alicyclic amines) is 2. The second kappa shape index (κ2) is 6.00. The SMILES string of the molecule is O=C(N1CCCC1)N1CCC2(CC1)C[C@@H](OCC1CC1)CO2. The minimum Gasteiger partial charge on any atom is -0.375 e. The standard InChI is InChI=1S/C17H28N2O3/c20-16(18-7-1-2-8-18)19-9-5-17(6-10-19)11-15(13-22-17)21-12-14-3-4-14/h14-15H,1-13H2/t15-/m1/s1. The molecule has 0 aromatic heterocycles. The Bertz CT molecular complexity index is 410. The molecule has 3 heterocycles. The summed E-state index contributed by atoms with van der Waals surface area (Å²) in [4.78, 5) is 16.5. The van der Waals surface area contributed by atoms with E-state index >= 15 is 0 Å². The van der Waals surface area contributed by atoms with Gasteiger partial charge in [-0.25, -0.2) is 4.79 Å². The maximum Gasteiger partial charge on any atom is 0.320 e. The normalized spacial score (nSPS) is 31.2. The lowest BCUT2D eigenvalue weighted by Gasteiger charge is -2.39. The van der Waals surface area contributed by atoms with Crippen molar-refractivity contribution in [3.05, 3.63) is 0 Å². The van der Waals surface area contributed by atoms with Gasteiger partial charge in [0.15, 0.2) is 0 Å². The van der Waals surface area contributed by atoms with E-state index in [4.69, 9.17) is 9.47 Å². The zero-order valence-corrected chi connectivity index (χ0v) is 13.5. The molecular weight excluding hydrogens is 280 g/mol. The maximum atomic E-state index is 12.4. The number of carbonyl (C=O) groups excluding carboxylic acids is 1. The van der Waals surface area contributed by atoms with E-state index in [1.54, 1.807) is 0 Å². The van der Waals surface area contributed by atoms with Crippen molar-refractivity contribution in [2.24, 2.45) is 5.92 Å². The summed E-state index contributed by atoms with van der Waals surface area (Å²) in [7, 11) is 0. The number of hydrogen-bond acceptors (Lipinski definition) is 3. The second-order valence-electron chi connectivity index (χ2n) is 7.56. The first-order valence-corrected chi connectivity index (χ1v) is 9.04. The van der Waals surface area contributed by atoms with Crippen LogP contribution in [0.15, 0.2) is 0 Å². The lowest BCUT2D eigenvalue weighted by atomic mass is 9.88. The van der Waals surface area contributed by atoms with Crippen LogP contribution in [-0.4, -0.2) is 66.9 Å². The van der Waals surface area contributed by atoms with Crippen LogP contribution < -0.4 is 0 Å². The van der Waals surface area contributed by atoms with Crippen LogP contribution in [0.2, 0.25) is 0 Å². The third-order valence-electron chi connectivity index (χ3n) is 5.76. The van der Waals surface area contributed by atoms with Crippen molar-refractivity contribution in [1.82, 2.24) is 9.80 Å². The number of piperidine rings is 1. The van der Waals surface area contributed by atoms with E-state index < -0.39 is 0 Å². The third kappa shape index (κ3) is 3.11. The average Bonchev–Trinajstić information content (AvgIpc) is 3.06. The van der Waals surface area contributed by atoms with Gasteiger partial charge in [0.1, 0.15) is 0 Å². The molecule has 1 saturated carbocycles. The number of urea groups is 1. The highest BCUT2D eigenvalue weighted by Crippen LogP contribution is 2.38. The molecule has 0 unspecified atom stereocenters. The quantitative estimate of drug-likeness (QED) is 0.803. The first-order valence-electron chi connectivity index (χ1n) is 9.04. The Hall–Kier alpha value is -0.810. The van der Waals surface area contributed by atoms with Crippen LogP contribution in [-0.2, 0) is 9.47 Å². The molecule has 22 heavy (non-hydrogen) atoms.